The van der Waals surface area contributed by atoms with Crippen molar-refractivity contribution >= 4 is 35.2 Å². The molecule has 87 heavy (non-hydrogen) atoms. The van der Waals surface area contributed by atoms with Gasteiger partial charge in [0, 0.05) is 101 Å². The highest BCUT2D eigenvalue weighted by Gasteiger charge is 2.36. The van der Waals surface area contributed by atoms with Crippen molar-refractivity contribution in [3.63, 3.8) is 0 Å². The Morgan fingerprint density at radius 3 is 1.39 bits per heavy atom. The van der Waals surface area contributed by atoms with Gasteiger partial charge in [-0.3, -0.25) is 29.2 Å². The molecule has 17 nitrogen and oxygen atoms in total. The summed E-state index contributed by atoms with van der Waals surface area (Å²) in [5.74, 6) is 1.04. The van der Waals surface area contributed by atoms with Crippen molar-refractivity contribution in [2.45, 2.75) is 51.7 Å². The second kappa shape index (κ2) is 24.0. The van der Waals surface area contributed by atoms with E-state index in [9.17, 15) is 14.4 Å². The first-order valence-corrected chi connectivity index (χ1v) is 29.3. The molecule has 2 saturated heterocycles. The van der Waals surface area contributed by atoms with E-state index in [4.69, 9.17) is 26.7 Å². The molecule has 17 heteroatoms. The maximum atomic E-state index is 13.2. The molecular formula is C70H62N12O5. The van der Waals surface area contributed by atoms with Gasteiger partial charge in [0.25, 0.3) is 0 Å². The first-order valence-electron chi connectivity index (χ1n) is 29.3. The first kappa shape index (κ1) is 56.0. The largest absolute Gasteiger partial charge is 0.492 e. The SMILES string of the molecule is CC1CCC(C)N1Cc1ccc2c(c1)-c1nc(N)nc(-c3ccccc3)c1C2=O.Nc1nc(-c2ccccc2)c2c(n1)-c1cc(Cc3cccnc3)ccc1C2=O.Nc1nc(-c2ccccc2)c2c(n1)-c1cc(OCCN3CCOCC3)ccc1C2=O. The van der Waals surface area contributed by atoms with E-state index in [1.54, 1.807) is 12.3 Å². The van der Waals surface area contributed by atoms with Crippen LogP contribution in [0.25, 0.3) is 67.5 Å². The average Bonchev–Trinajstić information content (AvgIpc) is 1.66. The Bertz CT molecular complexity index is 4270. The molecule has 6 N–H and O–H groups in total. The fourth-order valence-electron chi connectivity index (χ4n) is 12.3. The minimum absolute atomic E-state index is 0.0247. The van der Waals surface area contributed by atoms with E-state index in [1.165, 1.54) is 18.4 Å². The van der Waals surface area contributed by atoms with E-state index in [0.717, 1.165) is 90.3 Å². The number of nitrogen functional groups attached to an aromatic ring is 3. The highest BCUT2D eigenvalue weighted by Crippen LogP contribution is 2.44. The monoisotopic (exact) mass is 1150 g/mol. The molecule has 0 saturated carbocycles. The van der Waals surface area contributed by atoms with Crippen LogP contribution in [0, 0.1) is 0 Å². The Balaban J connectivity index is 0.000000121. The first-order chi connectivity index (χ1) is 42.4. The molecule has 10 aromatic rings. The lowest BCUT2D eigenvalue weighted by Gasteiger charge is -2.26. The number of likely N-dealkylation sites (tertiary alicyclic amines) is 1. The van der Waals surface area contributed by atoms with Crippen LogP contribution in [0.15, 0.2) is 170 Å². The average molecular weight is 1150 g/mol. The normalized spacial score (nSPS) is 16.1. The Hall–Kier alpha value is -10.2. The van der Waals surface area contributed by atoms with Crippen molar-refractivity contribution in [1.29, 1.82) is 0 Å². The predicted octanol–water partition coefficient (Wildman–Crippen LogP) is 10.9. The van der Waals surface area contributed by atoms with Crippen LogP contribution in [0.5, 0.6) is 5.75 Å². The molecule has 2 atom stereocenters. The summed E-state index contributed by atoms with van der Waals surface area (Å²) in [6, 6.07) is 51.5. The molecule has 2 fully saturated rings. The number of fused-ring (bicyclic) bond motifs is 9. The van der Waals surface area contributed by atoms with Crippen molar-refractivity contribution in [2.75, 3.05) is 56.7 Å². The van der Waals surface area contributed by atoms with Gasteiger partial charge in [-0.05, 0) is 86.2 Å². The van der Waals surface area contributed by atoms with E-state index >= 15 is 0 Å². The van der Waals surface area contributed by atoms with Gasteiger partial charge in [-0.15, -0.1) is 0 Å². The maximum absolute atomic E-state index is 13.2. The Morgan fingerprint density at radius 1 is 0.483 bits per heavy atom. The number of hydrogen-bond acceptors (Lipinski definition) is 17. The number of anilines is 3. The number of hydrogen-bond donors (Lipinski definition) is 3. The predicted molar refractivity (Wildman–Crippen MR) is 336 cm³/mol. The molecular weight excluding hydrogens is 1090 g/mol. The number of ketones is 3. The third-order valence-corrected chi connectivity index (χ3v) is 16.7. The molecule has 6 heterocycles. The fourth-order valence-corrected chi connectivity index (χ4v) is 12.3. The molecule has 6 aromatic carbocycles. The molecule has 0 radical (unpaired) electrons. The topological polar surface area (TPSA) is 244 Å². The van der Waals surface area contributed by atoms with Crippen molar-refractivity contribution in [3.05, 3.63) is 220 Å². The van der Waals surface area contributed by atoms with Crippen LogP contribution < -0.4 is 21.9 Å². The summed E-state index contributed by atoms with van der Waals surface area (Å²) in [5.41, 5.74) is 33.5. The molecule has 3 aliphatic carbocycles. The van der Waals surface area contributed by atoms with Gasteiger partial charge in [-0.1, -0.05) is 121 Å². The Labute approximate surface area is 503 Å². The lowest BCUT2D eigenvalue weighted by molar-refractivity contribution is 0.0322. The zero-order valence-electron chi connectivity index (χ0n) is 48.2. The van der Waals surface area contributed by atoms with E-state index < -0.39 is 0 Å². The molecule has 0 spiro atoms. The number of carbonyl (C=O) groups is 3. The minimum Gasteiger partial charge on any atom is -0.492 e. The summed E-state index contributed by atoms with van der Waals surface area (Å²) >= 11 is 0. The second-order valence-corrected chi connectivity index (χ2v) is 22.3. The summed E-state index contributed by atoms with van der Waals surface area (Å²) in [5, 5.41) is 0. The van der Waals surface area contributed by atoms with E-state index in [2.05, 4.69) is 70.7 Å². The third-order valence-electron chi connectivity index (χ3n) is 16.7. The van der Waals surface area contributed by atoms with E-state index in [1.807, 2.05) is 146 Å². The highest BCUT2D eigenvalue weighted by molar-refractivity contribution is 6.25. The van der Waals surface area contributed by atoms with Crippen LogP contribution in [0.2, 0.25) is 0 Å². The molecule has 0 amide bonds. The summed E-state index contributed by atoms with van der Waals surface area (Å²) in [6.45, 7) is 10.2. The quantitative estimate of drug-likeness (QED) is 0.109. The number of aromatic nitrogens is 7. The van der Waals surface area contributed by atoms with Crippen molar-refractivity contribution in [3.8, 4) is 73.3 Å². The molecule has 5 aliphatic rings. The Kier molecular flexibility index (Phi) is 15.5. The van der Waals surface area contributed by atoms with Crippen LogP contribution in [-0.4, -0.2) is 114 Å². The van der Waals surface area contributed by atoms with Gasteiger partial charge in [0.2, 0.25) is 17.8 Å². The summed E-state index contributed by atoms with van der Waals surface area (Å²) < 4.78 is 11.3. The minimum atomic E-state index is -0.0845. The summed E-state index contributed by atoms with van der Waals surface area (Å²) in [4.78, 5) is 74.9. The van der Waals surface area contributed by atoms with Gasteiger partial charge in [-0.2, -0.15) is 0 Å². The van der Waals surface area contributed by atoms with Gasteiger partial charge in [0.05, 0.1) is 64.1 Å². The van der Waals surface area contributed by atoms with Crippen LogP contribution >= 0.6 is 0 Å². The molecule has 15 rings (SSSR count). The number of carbonyl (C=O) groups excluding carboxylic acids is 3. The van der Waals surface area contributed by atoms with Crippen LogP contribution in [0.4, 0.5) is 17.8 Å². The number of nitrogens with two attached hydrogens (primary N) is 3. The van der Waals surface area contributed by atoms with Crippen molar-refractivity contribution in [2.24, 2.45) is 0 Å². The molecule has 432 valence electrons. The summed E-state index contributed by atoms with van der Waals surface area (Å²) in [6.07, 6.45) is 6.80. The lowest BCUT2D eigenvalue weighted by Crippen LogP contribution is -2.38. The van der Waals surface area contributed by atoms with Crippen LogP contribution in [-0.2, 0) is 17.7 Å². The van der Waals surface area contributed by atoms with E-state index in [-0.39, 0.29) is 35.2 Å². The number of nitrogens with zero attached hydrogens (tertiary/aromatic N) is 9. The molecule has 4 aromatic heterocycles. The standard InChI is InChI=1S/C24H24N4O.C23H22N4O3.C23H16N4O/c1-14-8-9-15(2)28(14)13-16-10-11-18-19(12-16)22-20(23(18)29)21(26-24(25)27-22)17-6-4-3-5-7-17;24-23-25-20(15-4-2-1-3-5-15)19-21(26-23)18-14-16(6-7-17(18)22(19)28)30-13-10-27-8-11-29-12-9-27;24-23-26-20(16-6-2-1-3-7-16)19-21(27-23)18-12-14(8-9-17(18)22(19)28)11-15-5-4-10-25-13-15/h3-7,10-12,14-15H,8-9,13H2,1-2H3,(H2,25,26,27);1-7,14H,8-13H2,(H2,24,25,26);1-10,12-13H,11H2,(H2,24,26,27). The Morgan fingerprint density at radius 2 is 0.920 bits per heavy atom. The van der Waals surface area contributed by atoms with Gasteiger partial charge >= 0.3 is 0 Å². The van der Waals surface area contributed by atoms with Crippen LogP contribution in [0.3, 0.4) is 0 Å². The summed E-state index contributed by atoms with van der Waals surface area (Å²) in [7, 11) is 0. The molecule has 0 bridgehead atoms. The number of ether oxygens (including phenoxy) is 2. The maximum Gasteiger partial charge on any atom is 0.221 e. The fraction of sp³-hybridized carbons (Fsp3) is 0.200. The van der Waals surface area contributed by atoms with Crippen LogP contribution in [0.1, 0.15) is 91.1 Å². The van der Waals surface area contributed by atoms with E-state index in [0.29, 0.717) is 92.0 Å². The zero-order chi connectivity index (χ0) is 59.7. The van der Waals surface area contributed by atoms with Crippen molar-refractivity contribution < 1.29 is 23.9 Å². The molecule has 2 unspecified atom stereocenters. The highest BCUT2D eigenvalue weighted by atomic mass is 16.5. The van der Waals surface area contributed by atoms with Gasteiger partial charge in [0.15, 0.2) is 17.3 Å². The van der Waals surface area contributed by atoms with Gasteiger partial charge in [0.1, 0.15) is 12.4 Å². The number of rotatable bonds is 11. The third kappa shape index (κ3) is 11.2. The second-order valence-electron chi connectivity index (χ2n) is 22.3. The van der Waals surface area contributed by atoms with Crippen molar-refractivity contribution in [1.82, 2.24) is 44.7 Å². The number of pyridine rings is 1. The molecule has 2 aliphatic heterocycles. The van der Waals surface area contributed by atoms with Gasteiger partial charge in [-0.25, -0.2) is 29.9 Å². The number of benzene rings is 6. The smallest absolute Gasteiger partial charge is 0.221 e. The number of morpholine rings is 1. The lowest BCUT2D eigenvalue weighted by atomic mass is 10.0. The van der Waals surface area contributed by atoms with Gasteiger partial charge < -0.3 is 26.7 Å². The zero-order valence-corrected chi connectivity index (χ0v) is 48.2.